The fourth-order valence-corrected chi connectivity index (χ4v) is 2.33. The maximum atomic E-state index is 11.7. The van der Waals surface area contributed by atoms with Crippen molar-refractivity contribution in [3.8, 4) is 0 Å². The van der Waals surface area contributed by atoms with Crippen molar-refractivity contribution in [2.75, 3.05) is 20.6 Å². The van der Waals surface area contributed by atoms with E-state index < -0.39 is 0 Å². The first kappa shape index (κ1) is 20.4. The molecule has 132 valence electrons. The maximum Gasteiger partial charge on any atom is 0.241 e. The molecule has 0 saturated carbocycles. The molecule has 1 amide bonds. The molecule has 2 aromatic rings. The minimum absolute atomic E-state index is 0. The number of nitrogens with one attached hydrogen (secondary N) is 2. The van der Waals surface area contributed by atoms with Crippen molar-refractivity contribution in [3.05, 3.63) is 34.5 Å². The standard InChI is InChI=1S/C14H21N7OS.HI/c1-20(2)13(22)9-17-14(15-7-11-5-4-6-23-11)16-8-12-18-10-19-21(12)3;/h4-6,10H,7-9H2,1-3H3,(H2,15,16,17);1H. The number of aryl methyl sites for hydroxylation is 1. The molecule has 0 aliphatic heterocycles. The summed E-state index contributed by atoms with van der Waals surface area (Å²) in [5.74, 6) is 1.30. The van der Waals surface area contributed by atoms with E-state index in [4.69, 9.17) is 0 Å². The van der Waals surface area contributed by atoms with Crippen LogP contribution in [-0.4, -0.2) is 52.2 Å². The number of carbonyl (C=O) groups excluding carboxylic acids is 1. The summed E-state index contributed by atoms with van der Waals surface area (Å²) < 4.78 is 1.67. The molecule has 10 heteroatoms. The molecule has 0 bridgehead atoms. The number of hydrogen-bond acceptors (Lipinski definition) is 5. The minimum atomic E-state index is -0.0192. The minimum Gasteiger partial charge on any atom is -0.351 e. The van der Waals surface area contributed by atoms with Crippen molar-refractivity contribution in [2.24, 2.45) is 12.0 Å². The molecular formula is C14H22IN7OS. The number of hydrogen-bond donors (Lipinski definition) is 2. The first-order chi connectivity index (χ1) is 11.1. The Balaban J connectivity index is 0.00000288. The zero-order valence-corrected chi connectivity index (χ0v) is 17.0. The van der Waals surface area contributed by atoms with Crippen LogP contribution in [0.2, 0.25) is 0 Å². The maximum absolute atomic E-state index is 11.7. The van der Waals surface area contributed by atoms with Gasteiger partial charge in [-0.2, -0.15) is 5.10 Å². The zero-order chi connectivity index (χ0) is 16.7. The van der Waals surface area contributed by atoms with Crippen LogP contribution < -0.4 is 10.6 Å². The third-order valence-electron chi connectivity index (χ3n) is 3.10. The lowest BCUT2D eigenvalue weighted by Crippen LogP contribution is -2.42. The Kier molecular flexibility index (Phi) is 8.68. The molecule has 2 aromatic heterocycles. The summed E-state index contributed by atoms with van der Waals surface area (Å²) in [4.78, 5) is 23.0. The second-order valence-corrected chi connectivity index (χ2v) is 6.07. The molecular weight excluding hydrogens is 441 g/mol. The average Bonchev–Trinajstić information content (AvgIpc) is 3.17. The number of halogens is 1. The molecule has 0 aliphatic carbocycles. The van der Waals surface area contributed by atoms with E-state index in [1.807, 2.05) is 24.6 Å². The topological polar surface area (TPSA) is 87.4 Å². The van der Waals surface area contributed by atoms with Gasteiger partial charge < -0.3 is 15.5 Å². The van der Waals surface area contributed by atoms with E-state index in [1.54, 1.807) is 30.1 Å². The summed E-state index contributed by atoms with van der Waals surface area (Å²) in [5.41, 5.74) is 0. The van der Waals surface area contributed by atoms with Crippen LogP contribution in [0.3, 0.4) is 0 Å². The lowest BCUT2D eigenvalue weighted by molar-refractivity contribution is -0.127. The monoisotopic (exact) mass is 463 g/mol. The first-order valence-corrected chi connectivity index (χ1v) is 8.02. The van der Waals surface area contributed by atoms with E-state index in [1.165, 1.54) is 16.1 Å². The number of aliphatic imine (C=N–C) groups is 1. The Labute approximate surface area is 162 Å². The highest BCUT2D eigenvalue weighted by atomic mass is 127. The molecule has 2 heterocycles. The van der Waals surface area contributed by atoms with E-state index in [2.05, 4.69) is 25.7 Å². The van der Waals surface area contributed by atoms with Crippen LogP contribution in [0.4, 0.5) is 0 Å². The summed E-state index contributed by atoms with van der Waals surface area (Å²) in [6.45, 7) is 1.22. The van der Waals surface area contributed by atoms with Gasteiger partial charge in [0.25, 0.3) is 0 Å². The normalized spacial score (nSPS) is 10.9. The third kappa shape index (κ3) is 6.43. The van der Waals surface area contributed by atoms with Crippen LogP contribution in [0.1, 0.15) is 10.7 Å². The van der Waals surface area contributed by atoms with Gasteiger partial charge in [-0.25, -0.2) is 9.98 Å². The Morgan fingerprint density at radius 3 is 2.79 bits per heavy atom. The smallest absolute Gasteiger partial charge is 0.241 e. The van der Waals surface area contributed by atoms with E-state index in [0.29, 0.717) is 19.0 Å². The molecule has 0 unspecified atom stereocenters. The quantitative estimate of drug-likeness (QED) is 0.377. The van der Waals surface area contributed by atoms with Gasteiger partial charge in [-0.05, 0) is 11.4 Å². The molecule has 0 aromatic carbocycles. The van der Waals surface area contributed by atoms with Gasteiger partial charge in [0.2, 0.25) is 5.91 Å². The molecule has 0 aliphatic rings. The van der Waals surface area contributed by atoms with Gasteiger partial charge in [0.05, 0.1) is 13.1 Å². The van der Waals surface area contributed by atoms with Gasteiger partial charge in [0, 0.05) is 26.0 Å². The molecule has 0 atom stereocenters. The number of nitrogens with zero attached hydrogens (tertiary/aromatic N) is 5. The summed E-state index contributed by atoms with van der Waals surface area (Å²) in [6.07, 6.45) is 1.49. The summed E-state index contributed by atoms with van der Waals surface area (Å²) >= 11 is 1.67. The Bertz CT molecular complexity index is 654. The predicted molar refractivity (Wildman–Crippen MR) is 105 cm³/mol. The van der Waals surface area contributed by atoms with Crippen molar-refractivity contribution in [2.45, 2.75) is 13.1 Å². The number of aromatic nitrogens is 3. The second kappa shape index (κ2) is 10.2. The number of rotatable bonds is 6. The Hall–Kier alpha value is -1.69. The molecule has 8 nitrogen and oxygen atoms in total. The molecule has 24 heavy (non-hydrogen) atoms. The van der Waals surface area contributed by atoms with Gasteiger partial charge in [-0.1, -0.05) is 6.07 Å². The van der Waals surface area contributed by atoms with E-state index in [-0.39, 0.29) is 36.4 Å². The fourth-order valence-electron chi connectivity index (χ4n) is 1.69. The number of guanidine groups is 1. The number of thiophene rings is 1. The largest absolute Gasteiger partial charge is 0.351 e. The highest BCUT2D eigenvalue weighted by Crippen LogP contribution is 2.07. The van der Waals surface area contributed by atoms with Gasteiger partial charge in [0.1, 0.15) is 18.7 Å². The lowest BCUT2D eigenvalue weighted by Gasteiger charge is -2.14. The van der Waals surface area contributed by atoms with Crippen LogP contribution >= 0.6 is 35.3 Å². The highest BCUT2D eigenvalue weighted by Gasteiger charge is 2.07. The molecule has 0 radical (unpaired) electrons. The highest BCUT2D eigenvalue weighted by molar-refractivity contribution is 14.0. The fraction of sp³-hybridized carbons (Fsp3) is 0.429. The molecule has 0 spiro atoms. The van der Waals surface area contributed by atoms with Crippen LogP contribution in [-0.2, 0) is 24.9 Å². The van der Waals surface area contributed by atoms with Crippen LogP contribution in [0.5, 0.6) is 0 Å². The molecule has 2 rings (SSSR count). The van der Waals surface area contributed by atoms with Gasteiger partial charge >= 0.3 is 0 Å². The van der Waals surface area contributed by atoms with Crippen molar-refractivity contribution in [1.29, 1.82) is 0 Å². The SMILES string of the molecule is CN(C)C(=O)CNC(=NCc1ncnn1C)NCc1cccs1.I. The first-order valence-electron chi connectivity index (χ1n) is 7.14. The summed E-state index contributed by atoms with van der Waals surface area (Å²) in [5, 5.41) is 12.3. The number of amides is 1. The van der Waals surface area contributed by atoms with Crippen molar-refractivity contribution >= 4 is 47.2 Å². The Morgan fingerprint density at radius 1 is 1.42 bits per heavy atom. The number of carbonyl (C=O) groups is 1. The second-order valence-electron chi connectivity index (χ2n) is 5.04. The average molecular weight is 463 g/mol. The molecule has 0 fully saturated rings. The van der Waals surface area contributed by atoms with Crippen molar-refractivity contribution in [3.63, 3.8) is 0 Å². The summed E-state index contributed by atoms with van der Waals surface area (Å²) in [6, 6.07) is 4.05. The zero-order valence-electron chi connectivity index (χ0n) is 13.9. The van der Waals surface area contributed by atoms with Gasteiger partial charge in [0.15, 0.2) is 5.96 Å². The predicted octanol–water partition coefficient (Wildman–Crippen LogP) is 0.818. The van der Waals surface area contributed by atoms with Crippen molar-refractivity contribution in [1.82, 2.24) is 30.3 Å². The number of likely N-dealkylation sites (N-methyl/N-ethyl adjacent to an activating group) is 1. The van der Waals surface area contributed by atoms with Gasteiger partial charge in [-0.3, -0.25) is 9.48 Å². The third-order valence-corrected chi connectivity index (χ3v) is 3.98. The van der Waals surface area contributed by atoms with E-state index >= 15 is 0 Å². The van der Waals surface area contributed by atoms with Crippen LogP contribution in [0, 0.1) is 0 Å². The van der Waals surface area contributed by atoms with E-state index in [9.17, 15) is 4.79 Å². The van der Waals surface area contributed by atoms with E-state index in [0.717, 1.165) is 5.82 Å². The van der Waals surface area contributed by atoms with Crippen LogP contribution in [0.25, 0.3) is 0 Å². The van der Waals surface area contributed by atoms with Gasteiger partial charge in [-0.15, -0.1) is 35.3 Å². The van der Waals surface area contributed by atoms with Crippen LogP contribution in [0.15, 0.2) is 28.8 Å². The molecule has 0 saturated heterocycles. The Morgan fingerprint density at radius 2 is 2.21 bits per heavy atom. The van der Waals surface area contributed by atoms with Crippen molar-refractivity contribution < 1.29 is 4.79 Å². The molecule has 2 N–H and O–H groups in total. The summed E-state index contributed by atoms with van der Waals surface area (Å²) in [7, 11) is 5.26. The lowest BCUT2D eigenvalue weighted by atomic mass is 10.4.